The molecule has 0 bridgehead atoms. The Bertz CT molecular complexity index is 389. The Morgan fingerprint density at radius 3 is 2.53 bits per heavy atom. The summed E-state index contributed by atoms with van der Waals surface area (Å²) in [5.74, 6) is 1.28. The number of aliphatic hydroxyl groups is 1. The molecule has 1 atom stereocenters. The van der Waals surface area contributed by atoms with E-state index in [1.807, 2.05) is 13.8 Å². The van der Waals surface area contributed by atoms with Crippen LogP contribution in [0.5, 0.6) is 5.88 Å². The summed E-state index contributed by atoms with van der Waals surface area (Å²) in [4.78, 5) is 8.27. The average molecular weight is 267 g/mol. The quantitative estimate of drug-likeness (QED) is 0.828. The van der Waals surface area contributed by atoms with E-state index in [-0.39, 0.29) is 24.2 Å². The molecule has 0 saturated heterocycles. The van der Waals surface area contributed by atoms with Gasteiger partial charge in [-0.25, -0.2) is 9.97 Å². The van der Waals surface area contributed by atoms with Crippen LogP contribution in [0.3, 0.4) is 0 Å². The van der Waals surface area contributed by atoms with E-state index in [2.05, 4.69) is 36.1 Å². The largest absolute Gasteiger partial charge is 0.475 e. The van der Waals surface area contributed by atoms with Crippen LogP contribution in [0.2, 0.25) is 0 Å². The topological polar surface area (TPSA) is 67.3 Å². The van der Waals surface area contributed by atoms with Gasteiger partial charge in [0.15, 0.2) is 0 Å². The molecule has 0 aliphatic carbocycles. The van der Waals surface area contributed by atoms with Crippen LogP contribution in [0.15, 0.2) is 12.4 Å². The first-order valence-electron chi connectivity index (χ1n) is 6.69. The van der Waals surface area contributed by atoms with Crippen LogP contribution in [0.1, 0.15) is 41.0 Å². The van der Waals surface area contributed by atoms with Gasteiger partial charge in [-0.15, -0.1) is 0 Å². The maximum absolute atomic E-state index is 9.15. The van der Waals surface area contributed by atoms with Crippen molar-refractivity contribution >= 4 is 5.82 Å². The predicted molar refractivity (Wildman–Crippen MR) is 76.4 cm³/mol. The van der Waals surface area contributed by atoms with Gasteiger partial charge in [0, 0.05) is 18.7 Å². The highest BCUT2D eigenvalue weighted by Gasteiger charge is 2.24. The van der Waals surface area contributed by atoms with E-state index < -0.39 is 0 Å². The minimum absolute atomic E-state index is 0.0345. The lowest BCUT2D eigenvalue weighted by Crippen LogP contribution is -2.35. The monoisotopic (exact) mass is 267 g/mol. The Hall–Kier alpha value is -1.36. The fraction of sp³-hybridized carbons (Fsp3) is 0.714. The first-order chi connectivity index (χ1) is 8.82. The molecule has 1 aromatic rings. The second-order valence-corrected chi connectivity index (χ2v) is 5.98. The lowest BCUT2D eigenvalue weighted by atomic mass is 9.85. The number of hydrogen-bond donors (Lipinski definition) is 2. The van der Waals surface area contributed by atoms with Crippen LogP contribution in [0, 0.1) is 5.41 Å². The molecule has 1 unspecified atom stereocenters. The third-order valence-corrected chi connectivity index (χ3v) is 2.78. The summed E-state index contributed by atoms with van der Waals surface area (Å²) in [5.41, 5.74) is 0.0345. The van der Waals surface area contributed by atoms with Gasteiger partial charge in [0.2, 0.25) is 5.88 Å². The third-order valence-electron chi connectivity index (χ3n) is 2.78. The number of anilines is 1. The number of rotatable bonds is 6. The molecule has 0 saturated carbocycles. The van der Waals surface area contributed by atoms with E-state index in [4.69, 9.17) is 9.84 Å². The van der Waals surface area contributed by atoms with E-state index in [1.54, 1.807) is 6.07 Å². The van der Waals surface area contributed by atoms with E-state index in [0.717, 1.165) is 5.82 Å². The van der Waals surface area contributed by atoms with Crippen molar-refractivity contribution in [3.63, 3.8) is 0 Å². The van der Waals surface area contributed by atoms with E-state index in [0.29, 0.717) is 12.3 Å². The van der Waals surface area contributed by atoms with Gasteiger partial charge in [-0.05, 0) is 25.7 Å². The van der Waals surface area contributed by atoms with Crippen molar-refractivity contribution in [3.8, 4) is 5.88 Å². The average Bonchev–Trinajstić information content (AvgIpc) is 2.26. The highest BCUT2D eigenvalue weighted by molar-refractivity contribution is 5.38. The van der Waals surface area contributed by atoms with Crippen LogP contribution >= 0.6 is 0 Å². The molecule has 1 heterocycles. The minimum Gasteiger partial charge on any atom is -0.475 e. The molecule has 0 spiro atoms. The fourth-order valence-electron chi connectivity index (χ4n) is 1.75. The van der Waals surface area contributed by atoms with E-state index in [1.165, 1.54) is 6.33 Å². The van der Waals surface area contributed by atoms with Crippen LogP contribution in [0.25, 0.3) is 0 Å². The number of ether oxygens (including phenoxy) is 1. The lowest BCUT2D eigenvalue weighted by molar-refractivity contribution is 0.231. The fourth-order valence-corrected chi connectivity index (χ4v) is 1.75. The molecule has 108 valence electrons. The summed E-state index contributed by atoms with van der Waals surface area (Å²) < 4.78 is 5.54. The smallest absolute Gasteiger partial charge is 0.218 e. The van der Waals surface area contributed by atoms with Crippen molar-refractivity contribution < 1.29 is 9.84 Å². The van der Waals surface area contributed by atoms with Crippen molar-refractivity contribution in [2.24, 2.45) is 5.41 Å². The van der Waals surface area contributed by atoms with Crippen molar-refractivity contribution in [1.82, 2.24) is 9.97 Å². The first-order valence-corrected chi connectivity index (χ1v) is 6.69. The Kier molecular flexibility index (Phi) is 5.54. The molecule has 2 N–H and O–H groups in total. The second kappa shape index (κ2) is 6.70. The molecule has 0 aliphatic heterocycles. The molecule has 5 heteroatoms. The summed E-state index contributed by atoms with van der Waals surface area (Å²) in [7, 11) is 0. The Balaban J connectivity index is 2.79. The predicted octanol–water partition coefficient (Wildman–Crippen LogP) is 2.47. The molecule has 0 radical (unpaired) electrons. The maximum Gasteiger partial charge on any atom is 0.218 e. The number of nitrogens with one attached hydrogen (secondary N) is 1. The Morgan fingerprint density at radius 1 is 1.32 bits per heavy atom. The van der Waals surface area contributed by atoms with Gasteiger partial charge in [-0.1, -0.05) is 20.8 Å². The zero-order chi connectivity index (χ0) is 14.5. The standard InChI is InChI=1S/C14H25N3O2/c1-10(2)19-13-8-12(15-9-16-13)17-11(6-7-18)14(3,4)5/h8-11,18H,6-7H2,1-5H3,(H,15,16,17). The molecule has 1 aromatic heterocycles. The van der Waals surface area contributed by atoms with Gasteiger partial charge in [0.25, 0.3) is 0 Å². The lowest BCUT2D eigenvalue weighted by Gasteiger charge is -2.31. The van der Waals surface area contributed by atoms with Crippen molar-refractivity contribution in [2.75, 3.05) is 11.9 Å². The van der Waals surface area contributed by atoms with Crippen LogP contribution in [0.4, 0.5) is 5.82 Å². The number of hydrogen-bond acceptors (Lipinski definition) is 5. The van der Waals surface area contributed by atoms with Gasteiger partial charge in [-0.2, -0.15) is 0 Å². The van der Waals surface area contributed by atoms with Crippen LogP contribution in [-0.2, 0) is 0 Å². The number of aliphatic hydroxyl groups excluding tert-OH is 1. The van der Waals surface area contributed by atoms with Crippen molar-refractivity contribution in [1.29, 1.82) is 0 Å². The van der Waals surface area contributed by atoms with Crippen molar-refractivity contribution in [3.05, 3.63) is 12.4 Å². The Morgan fingerprint density at radius 2 is 2.00 bits per heavy atom. The van der Waals surface area contributed by atoms with E-state index >= 15 is 0 Å². The summed E-state index contributed by atoms with van der Waals surface area (Å²) >= 11 is 0. The summed E-state index contributed by atoms with van der Waals surface area (Å²) in [6.07, 6.45) is 2.24. The second-order valence-electron chi connectivity index (χ2n) is 5.98. The van der Waals surface area contributed by atoms with Gasteiger partial charge in [-0.3, -0.25) is 0 Å². The SMILES string of the molecule is CC(C)Oc1cc(NC(CCO)C(C)(C)C)ncn1. The molecule has 1 rings (SSSR count). The number of aromatic nitrogens is 2. The molecular weight excluding hydrogens is 242 g/mol. The maximum atomic E-state index is 9.15. The molecule has 5 nitrogen and oxygen atoms in total. The van der Waals surface area contributed by atoms with Gasteiger partial charge in [0.1, 0.15) is 12.1 Å². The zero-order valence-electron chi connectivity index (χ0n) is 12.5. The van der Waals surface area contributed by atoms with Crippen LogP contribution < -0.4 is 10.1 Å². The van der Waals surface area contributed by atoms with Gasteiger partial charge >= 0.3 is 0 Å². The number of nitrogens with zero attached hydrogens (tertiary/aromatic N) is 2. The van der Waals surface area contributed by atoms with Crippen LogP contribution in [-0.4, -0.2) is 33.8 Å². The molecule has 0 fully saturated rings. The van der Waals surface area contributed by atoms with Gasteiger partial charge in [0.05, 0.1) is 6.10 Å². The molecule has 19 heavy (non-hydrogen) atoms. The van der Waals surface area contributed by atoms with E-state index in [9.17, 15) is 0 Å². The third kappa shape index (κ3) is 5.42. The zero-order valence-corrected chi connectivity index (χ0v) is 12.5. The molecular formula is C14H25N3O2. The Labute approximate surface area is 115 Å². The first kappa shape index (κ1) is 15.7. The highest BCUT2D eigenvalue weighted by Crippen LogP contribution is 2.25. The van der Waals surface area contributed by atoms with Gasteiger partial charge < -0.3 is 15.2 Å². The molecule has 0 aromatic carbocycles. The normalized spacial score (nSPS) is 13.4. The minimum atomic E-state index is 0.0345. The molecule has 0 aliphatic rings. The highest BCUT2D eigenvalue weighted by atomic mass is 16.5. The summed E-state index contributed by atoms with van der Waals surface area (Å²) in [6, 6.07) is 1.93. The van der Waals surface area contributed by atoms with Crippen molar-refractivity contribution in [2.45, 2.75) is 53.2 Å². The molecule has 0 amide bonds. The summed E-state index contributed by atoms with van der Waals surface area (Å²) in [6.45, 7) is 10.5. The summed E-state index contributed by atoms with van der Waals surface area (Å²) in [5, 5.41) is 12.5.